The van der Waals surface area contributed by atoms with E-state index in [-0.39, 0.29) is 5.41 Å². The van der Waals surface area contributed by atoms with Crippen LogP contribution >= 0.6 is 0 Å². The van der Waals surface area contributed by atoms with Gasteiger partial charge in [0.2, 0.25) is 0 Å². The zero-order chi connectivity index (χ0) is 10.5. The van der Waals surface area contributed by atoms with Crippen molar-refractivity contribution in [3.8, 4) is 0 Å². The standard InChI is InChI=1S/C11H12N2O2/c12-6-11(4-5-11)7-2-1-3-8-9(7)13-10(14)15-8/h1-3H,4-6,12H2,(H,13,14). The smallest absolute Gasteiger partial charge is 0.408 e. The maximum Gasteiger partial charge on any atom is 0.417 e. The van der Waals surface area contributed by atoms with Crippen LogP contribution in [0.4, 0.5) is 0 Å². The molecule has 1 aromatic heterocycles. The minimum Gasteiger partial charge on any atom is -0.408 e. The van der Waals surface area contributed by atoms with Crippen LogP contribution in [-0.4, -0.2) is 11.5 Å². The Morgan fingerprint density at radius 1 is 1.47 bits per heavy atom. The average molecular weight is 204 g/mol. The van der Waals surface area contributed by atoms with Gasteiger partial charge in [-0.15, -0.1) is 0 Å². The molecule has 0 amide bonds. The van der Waals surface area contributed by atoms with Gasteiger partial charge in [-0.25, -0.2) is 4.79 Å². The van der Waals surface area contributed by atoms with Crippen LogP contribution in [-0.2, 0) is 5.41 Å². The number of rotatable bonds is 2. The summed E-state index contributed by atoms with van der Waals surface area (Å²) < 4.78 is 5.02. The highest BCUT2D eigenvalue weighted by atomic mass is 16.4. The van der Waals surface area contributed by atoms with Gasteiger partial charge >= 0.3 is 5.76 Å². The van der Waals surface area contributed by atoms with Crippen LogP contribution in [0.5, 0.6) is 0 Å². The first-order valence-corrected chi connectivity index (χ1v) is 5.08. The largest absolute Gasteiger partial charge is 0.417 e. The Kier molecular flexibility index (Phi) is 1.59. The van der Waals surface area contributed by atoms with Crippen LogP contribution in [0.25, 0.3) is 11.1 Å². The Hall–Kier alpha value is -1.55. The second kappa shape index (κ2) is 2.73. The molecular formula is C11H12N2O2. The summed E-state index contributed by atoms with van der Waals surface area (Å²) in [6.45, 7) is 0.624. The molecule has 1 fully saturated rings. The van der Waals surface area contributed by atoms with Gasteiger partial charge in [0.1, 0.15) is 0 Å². The molecule has 4 heteroatoms. The van der Waals surface area contributed by atoms with E-state index < -0.39 is 5.76 Å². The summed E-state index contributed by atoms with van der Waals surface area (Å²) in [5, 5.41) is 0. The number of H-pyrrole nitrogens is 1. The molecule has 78 valence electrons. The zero-order valence-corrected chi connectivity index (χ0v) is 8.25. The van der Waals surface area contributed by atoms with Crippen molar-refractivity contribution in [2.45, 2.75) is 18.3 Å². The lowest BCUT2D eigenvalue weighted by molar-refractivity contribution is 0.555. The summed E-state index contributed by atoms with van der Waals surface area (Å²) in [5.74, 6) is -0.398. The number of nitrogens with two attached hydrogens (primary N) is 1. The molecule has 1 aromatic carbocycles. The lowest BCUT2D eigenvalue weighted by Crippen LogP contribution is -2.20. The van der Waals surface area contributed by atoms with Crippen molar-refractivity contribution in [3.63, 3.8) is 0 Å². The number of benzene rings is 1. The van der Waals surface area contributed by atoms with Crippen LogP contribution in [0.15, 0.2) is 27.4 Å². The molecule has 0 aliphatic heterocycles. The first-order chi connectivity index (χ1) is 7.25. The Balaban J connectivity index is 2.30. The Labute approximate surface area is 86.1 Å². The maximum absolute atomic E-state index is 11.1. The molecule has 3 N–H and O–H groups in total. The van der Waals surface area contributed by atoms with Crippen LogP contribution in [0, 0.1) is 0 Å². The summed E-state index contributed by atoms with van der Waals surface area (Å²) in [6, 6.07) is 5.72. The number of aromatic nitrogens is 1. The third-order valence-corrected chi connectivity index (χ3v) is 3.27. The summed E-state index contributed by atoms with van der Waals surface area (Å²) >= 11 is 0. The van der Waals surface area contributed by atoms with Crippen molar-refractivity contribution < 1.29 is 4.42 Å². The third-order valence-electron chi connectivity index (χ3n) is 3.27. The van der Waals surface area contributed by atoms with Gasteiger partial charge < -0.3 is 10.2 Å². The van der Waals surface area contributed by atoms with E-state index in [0.29, 0.717) is 12.1 Å². The number of oxazole rings is 1. The first kappa shape index (κ1) is 8.73. The highest BCUT2D eigenvalue weighted by molar-refractivity contribution is 5.78. The van der Waals surface area contributed by atoms with Gasteiger partial charge in [0.15, 0.2) is 5.58 Å². The van der Waals surface area contributed by atoms with E-state index in [4.69, 9.17) is 10.2 Å². The second-order valence-electron chi connectivity index (χ2n) is 4.18. The number of nitrogens with one attached hydrogen (secondary N) is 1. The lowest BCUT2D eigenvalue weighted by atomic mass is 9.95. The van der Waals surface area contributed by atoms with Crippen molar-refractivity contribution in [2.75, 3.05) is 6.54 Å². The third kappa shape index (κ3) is 1.15. The number of para-hydroxylation sites is 1. The fourth-order valence-electron chi connectivity index (χ4n) is 2.15. The van der Waals surface area contributed by atoms with E-state index >= 15 is 0 Å². The molecule has 0 radical (unpaired) electrons. The Morgan fingerprint density at radius 3 is 2.93 bits per heavy atom. The minimum atomic E-state index is -0.398. The molecule has 0 atom stereocenters. The fraction of sp³-hybridized carbons (Fsp3) is 0.364. The predicted molar refractivity (Wildman–Crippen MR) is 56.8 cm³/mol. The molecule has 2 aromatic rings. The Morgan fingerprint density at radius 2 is 2.27 bits per heavy atom. The molecule has 4 nitrogen and oxygen atoms in total. The average Bonchev–Trinajstić information content (AvgIpc) is 2.93. The molecule has 1 saturated carbocycles. The quantitative estimate of drug-likeness (QED) is 0.769. The summed E-state index contributed by atoms with van der Waals surface area (Å²) in [4.78, 5) is 13.9. The van der Waals surface area contributed by atoms with E-state index in [9.17, 15) is 4.79 Å². The van der Waals surface area contributed by atoms with Gasteiger partial charge in [-0.3, -0.25) is 4.98 Å². The molecule has 1 heterocycles. The molecule has 3 rings (SSSR count). The molecule has 0 unspecified atom stereocenters. The molecule has 1 aliphatic rings. The fourth-order valence-corrected chi connectivity index (χ4v) is 2.15. The van der Waals surface area contributed by atoms with Crippen LogP contribution in [0.1, 0.15) is 18.4 Å². The van der Waals surface area contributed by atoms with Crippen molar-refractivity contribution in [1.82, 2.24) is 4.98 Å². The van der Waals surface area contributed by atoms with Gasteiger partial charge in [-0.1, -0.05) is 12.1 Å². The molecule has 0 saturated heterocycles. The van der Waals surface area contributed by atoms with E-state index in [2.05, 4.69) is 4.98 Å². The van der Waals surface area contributed by atoms with Gasteiger partial charge in [-0.2, -0.15) is 0 Å². The van der Waals surface area contributed by atoms with E-state index in [0.717, 1.165) is 23.9 Å². The summed E-state index contributed by atoms with van der Waals surface area (Å²) in [6.07, 6.45) is 2.19. The number of fused-ring (bicyclic) bond motifs is 1. The normalized spacial score (nSPS) is 18.2. The van der Waals surface area contributed by atoms with Crippen molar-refractivity contribution in [1.29, 1.82) is 0 Å². The van der Waals surface area contributed by atoms with Crippen molar-refractivity contribution in [2.24, 2.45) is 5.73 Å². The minimum absolute atomic E-state index is 0.0757. The van der Waals surface area contributed by atoms with Gasteiger partial charge in [0.25, 0.3) is 0 Å². The SMILES string of the molecule is NCC1(c2cccc3oc(=O)[nH]c23)CC1. The summed E-state index contributed by atoms with van der Waals surface area (Å²) in [5.41, 5.74) is 8.40. The Bertz CT molecular complexity index is 563. The van der Waals surface area contributed by atoms with Crippen LogP contribution in [0.3, 0.4) is 0 Å². The topological polar surface area (TPSA) is 72.0 Å². The van der Waals surface area contributed by atoms with E-state index in [1.807, 2.05) is 12.1 Å². The molecule has 0 spiro atoms. The zero-order valence-electron chi connectivity index (χ0n) is 8.25. The van der Waals surface area contributed by atoms with Crippen LogP contribution < -0.4 is 11.5 Å². The van der Waals surface area contributed by atoms with Crippen LogP contribution in [0.2, 0.25) is 0 Å². The predicted octanol–water partition coefficient (Wildman–Crippen LogP) is 1.11. The van der Waals surface area contributed by atoms with Gasteiger partial charge in [0, 0.05) is 12.0 Å². The highest BCUT2D eigenvalue weighted by Crippen LogP contribution is 2.48. The van der Waals surface area contributed by atoms with E-state index in [1.165, 1.54) is 0 Å². The monoisotopic (exact) mass is 204 g/mol. The molecular weight excluding hydrogens is 192 g/mol. The van der Waals surface area contributed by atoms with Gasteiger partial charge in [-0.05, 0) is 24.5 Å². The van der Waals surface area contributed by atoms with Crippen molar-refractivity contribution >= 4 is 11.1 Å². The maximum atomic E-state index is 11.1. The van der Waals surface area contributed by atoms with E-state index in [1.54, 1.807) is 6.07 Å². The molecule has 1 aliphatic carbocycles. The number of aromatic amines is 1. The lowest BCUT2D eigenvalue weighted by Gasteiger charge is -2.12. The van der Waals surface area contributed by atoms with Crippen molar-refractivity contribution in [3.05, 3.63) is 34.3 Å². The second-order valence-corrected chi connectivity index (χ2v) is 4.18. The highest BCUT2D eigenvalue weighted by Gasteiger charge is 2.44. The van der Waals surface area contributed by atoms with Gasteiger partial charge in [0.05, 0.1) is 5.52 Å². The molecule has 15 heavy (non-hydrogen) atoms. The number of hydrogen-bond acceptors (Lipinski definition) is 3. The summed E-state index contributed by atoms with van der Waals surface area (Å²) in [7, 11) is 0. The number of hydrogen-bond donors (Lipinski definition) is 2. The first-order valence-electron chi connectivity index (χ1n) is 5.08. The molecule has 0 bridgehead atoms.